The highest BCUT2D eigenvalue weighted by Crippen LogP contribution is 2.20. The molecule has 0 spiro atoms. The highest BCUT2D eigenvalue weighted by Gasteiger charge is 2.12. The van der Waals surface area contributed by atoms with Crippen molar-refractivity contribution in [2.45, 2.75) is 39.3 Å². The van der Waals surface area contributed by atoms with Crippen LogP contribution in [-0.2, 0) is 13.0 Å². The van der Waals surface area contributed by atoms with E-state index >= 15 is 0 Å². The molecule has 1 aromatic heterocycles. The Bertz CT molecular complexity index is 596. The van der Waals surface area contributed by atoms with E-state index in [0.717, 1.165) is 30.9 Å². The van der Waals surface area contributed by atoms with E-state index in [1.54, 1.807) is 0 Å². The molecule has 0 radical (unpaired) electrons. The van der Waals surface area contributed by atoms with Crippen molar-refractivity contribution in [3.63, 3.8) is 0 Å². The topological polar surface area (TPSA) is 21.1 Å². The first-order valence-electron chi connectivity index (χ1n) is 7.47. The van der Waals surface area contributed by atoms with Crippen LogP contribution in [0.4, 0.5) is 0 Å². The van der Waals surface area contributed by atoms with Crippen LogP contribution in [0.3, 0.4) is 0 Å². The van der Waals surface area contributed by atoms with Crippen LogP contribution in [0, 0.1) is 3.57 Å². The fourth-order valence-electron chi connectivity index (χ4n) is 2.47. The lowest BCUT2D eigenvalue weighted by Gasteiger charge is -2.24. The average molecular weight is 420 g/mol. The standard InChI is InChI=1S/C16H23ClIN3/c1-4-12(2)20(3)9-10-21-15-6-5-13(18)11-14(15)19-16(21)7-8-17/h5-6,11-12H,4,7-10H2,1-3H3. The van der Waals surface area contributed by atoms with E-state index in [2.05, 4.69) is 71.2 Å². The van der Waals surface area contributed by atoms with Crippen LogP contribution in [-0.4, -0.2) is 40.0 Å². The summed E-state index contributed by atoms with van der Waals surface area (Å²) < 4.78 is 3.55. The van der Waals surface area contributed by atoms with Crippen LogP contribution in [0.2, 0.25) is 0 Å². The van der Waals surface area contributed by atoms with Gasteiger partial charge in [0.15, 0.2) is 0 Å². The van der Waals surface area contributed by atoms with Crippen molar-refractivity contribution in [2.24, 2.45) is 0 Å². The van der Waals surface area contributed by atoms with Crippen LogP contribution < -0.4 is 0 Å². The molecule has 0 saturated carbocycles. The van der Waals surface area contributed by atoms with Crippen molar-refractivity contribution < 1.29 is 0 Å². The maximum Gasteiger partial charge on any atom is 0.111 e. The lowest BCUT2D eigenvalue weighted by atomic mass is 10.2. The molecule has 0 saturated heterocycles. The molecule has 2 aromatic rings. The van der Waals surface area contributed by atoms with Crippen LogP contribution in [0.1, 0.15) is 26.1 Å². The highest BCUT2D eigenvalue weighted by atomic mass is 127. The first-order valence-corrected chi connectivity index (χ1v) is 9.09. The summed E-state index contributed by atoms with van der Waals surface area (Å²) in [5.74, 6) is 1.71. The number of hydrogen-bond donors (Lipinski definition) is 0. The molecule has 0 aliphatic carbocycles. The Labute approximate surface area is 145 Å². The van der Waals surface area contributed by atoms with Crippen molar-refractivity contribution in [1.82, 2.24) is 14.5 Å². The van der Waals surface area contributed by atoms with E-state index in [4.69, 9.17) is 16.6 Å². The third kappa shape index (κ3) is 4.11. The number of alkyl halides is 1. The second-order valence-corrected chi connectivity index (χ2v) is 7.11. The normalized spacial score (nSPS) is 13.2. The van der Waals surface area contributed by atoms with Gasteiger partial charge in [-0.25, -0.2) is 4.98 Å². The number of fused-ring (bicyclic) bond motifs is 1. The van der Waals surface area contributed by atoms with Gasteiger partial charge in [-0.05, 0) is 61.2 Å². The summed E-state index contributed by atoms with van der Waals surface area (Å²) in [6.45, 7) is 6.49. The molecule has 5 heteroatoms. The van der Waals surface area contributed by atoms with Crippen molar-refractivity contribution in [3.8, 4) is 0 Å². The zero-order chi connectivity index (χ0) is 15.4. The van der Waals surface area contributed by atoms with Crippen LogP contribution in [0.15, 0.2) is 18.2 Å². The fourth-order valence-corrected chi connectivity index (χ4v) is 3.11. The van der Waals surface area contributed by atoms with Gasteiger partial charge in [-0.1, -0.05) is 6.92 Å². The first-order chi connectivity index (χ1) is 10.1. The second-order valence-electron chi connectivity index (χ2n) is 5.49. The van der Waals surface area contributed by atoms with Crippen LogP contribution in [0.25, 0.3) is 11.0 Å². The number of imidazole rings is 1. The molecule has 1 heterocycles. The summed E-state index contributed by atoms with van der Waals surface area (Å²) in [5.41, 5.74) is 2.29. The monoisotopic (exact) mass is 419 g/mol. The Kier molecular flexibility index (Phi) is 6.32. The third-order valence-electron chi connectivity index (χ3n) is 4.13. The van der Waals surface area contributed by atoms with Gasteiger partial charge in [0.05, 0.1) is 11.0 Å². The molecule has 0 aliphatic heterocycles. The summed E-state index contributed by atoms with van der Waals surface area (Å²) >= 11 is 8.27. The molecule has 116 valence electrons. The number of aromatic nitrogens is 2. The molecule has 2 rings (SSSR count). The minimum absolute atomic E-state index is 0.609. The highest BCUT2D eigenvalue weighted by molar-refractivity contribution is 14.1. The molecular formula is C16H23ClIN3. The number of hydrogen-bond acceptors (Lipinski definition) is 2. The van der Waals surface area contributed by atoms with E-state index < -0.39 is 0 Å². The molecule has 21 heavy (non-hydrogen) atoms. The molecule has 1 atom stereocenters. The van der Waals surface area contributed by atoms with Gasteiger partial charge in [-0.15, -0.1) is 11.6 Å². The Hall–Kier alpha value is -0.330. The zero-order valence-corrected chi connectivity index (χ0v) is 15.9. The SMILES string of the molecule is CCC(C)N(C)CCn1c(CCCl)nc2cc(I)ccc21. The van der Waals surface area contributed by atoms with E-state index in [-0.39, 0.29) is 0 Å². The number of rotatable bonds is 7. The van der Waals surface area contributed by atoms with Crippen molar-refractivity contribution >= 4 is 45.2 Å². The lowest BCUT2D eigenvalue weighted by molar-refractivity contribution is 0.242. The van der Waals surface area contributed by atoms with Crippen LogP contribution in [0.5, 0.6) is 0 Å². The molecule has 0 N–H and O–H groups in total. The molecule has 0 fully saturated rings. The maximum absolute atomic E-state index is 5.94. The molecule has 0 amide bonds. The van der Waals surface area contributed by atoms with Gasteiger partial charge in [0.25, 0.3) is 0 Å². The molecule has 1 aromatic carbocycles. The summed E-state index contributed by atoms with van der Waals surface area (Å²) in [6, 6.07) is 7.06. The summed E-state index contributed by atoms with van der Waals surface area (Å²) in [4.78, 5) is 7.17. The fraction of sp³-hybridized carbons (Fsp3) is 0.562. The smallest absolute Gasteiger partial charge is 0.111 e. The summed E-state index contributed by atoms with van der Waals surface area (Å²) in [5, 5.41) is 0. The Balaban J connectivity index is 2.25. The zero-order valence-electron chi connectivity index (χ0n) is 12.9. The van der Waals surface area contributed by atoms with Gasteiger partial charge in [-0.2, -0.15) is 0 Å². The van der Waals surface area contributed by atoms with Gasteiger partial charge >= 0.3 is 0 Å². The minimum atomic E-state index is 0.609. The van der Waals surface area contributed by atoms with E-state index in [1.165, 1.54) is 15.5 Å². The molecular weight excluding hydrogens is 397 g/mol. The number of likely N-dealkylation sites (N-methyl/N-ethyl adjacent to an activating group) is 1. The Morgan fingerprint density at radius 2 is 2.19 bits per heavy atom. The number of benzene rings is 1. The number of halogens is 2. The third-order valence-corrected chi connectivity index (χ3v) is 4.99. The van der Waals surface area contributed by atoms with E-state index in [1.807, 2.05) is 0 Å². The molecule has 0 bridgehead atoms. The Morgan fingerprint density at radius 3 is 2.86 bits per heavy atom. The maximum atomic E-state index is 5.94. The first kappa shape index (κ1) is 17.0. The van der Waals surface area contributed by atoms with Gasteiger partial charge in [0.1, 0.15) is 5.82 Å². The molecule has 1 unspecified atom stereocenters. The lowest BCUT2D eigenvalue weighted by Crippen LogP contribution is -2.31. The Morgan fingerprint density at radius 1 is 1.43 bits per heavy atom. The van der Waals surface area contributed by atoms with E-state index in [0.29, 0.717) is 11.9 Å². The predicted molar refractivity (Wildman–Crippen MR) is 99.3 cm³/mol. The van der Waals surface area contributed by atoms with Crippen molar-refractivity contribution in [3.05, 3.63) is 27.6 Å². The molecule has 3 nitrogen and oxygen atoms in total. The van der Waals surface area contributed by atoms with Gasteiger partial charge in [-0.3, -0.25) is 0 Å². The summed E-state index contributed by atoms with van der Waals surface area (Å²) in [7, 11) is 2.19. The predicted octanol–water partition coefficient (Wildman–Crippen LogP) is 4.15. The van der Waals surface area contributed by atoms with Gasteiger partial charge < -0.3 is 9.47 Å². The minimum Gasteiger partial charge on any atom is -0.327 e. The van der Waals surface area contributed by atoms with Crippen LogP contribution >= 0.6 is 34.2 Å². The molecule has 0 aliphatic rings. The quantitative estimate of drug-likeness (QED) is 0.496. The second kappa shape index (κ2) is 7.79. The largest absolute Gasteiger partial charge is 0.327 e. The van der Waals surface area contributed by atoms with Gasteiger partial charge in [0.2, 0.25) is 0 Å². The number of nitrogens with zero attached hydrogens (tertiary/aromatic N) is 3. The van der Waals surface area contributed by atoms with E-state index in [9.17, 15) is 0 Å². The van der Waals surface area contributed by atoms with Gasteiger partial charge in [0, 0.05) is 35.0 Å². The van der Waals surface area contributed by atoms with Crippen molar-refractivity contribution in [1.29, 1.82) is 0 Å². The summed E-state index contributed by atoms with van der Waals surface area (Å²) in [6.07, 6.45) is 1.99. The number of aryl methyl sites for hydroxylation is 1. The van der Waals surface area contributed by atoms with Crippen molar-refractivity contribution in [2.75, 3.05) is 19.5 Å². The average Bonchev–Trinajstić information content (AvgIpc) is 2.80.